The number of rotatable bonds is 16. The van der Waals surface area contributed by atoms with Gasteiger partial charge in [0.2, 0.25) is 0 Å². The van der Waals surface area contributed by atoms with Gasteiger partial charge in [0.25, 0.3) is 0 Å². The van der Waals surface area contributed by atoms with E-state index in [1.165, 1.54) is 94.6 Å². The average Bonchev–Trinajstić information content (AvgIpc) is 1.54. The molecule has 17 rings (SSSR count). The zero-order valence-corrected chi connectivity index (χ0v) is 54.5. The lowest BCUT2D eigenvalue weighted by molar-refractivity contribution is 0.688. The van der Waals surface area contributed by atoms with Gasteiger partial charge in [-0.1, -0.05) is 322 Å². The molecular formula is C96H70N2. The second-order valence-corrected chi connectivity index (χ2v) is 25.9. The molecule has 0 bridgehead atoms. The summed E-state index contributed by atoms with van der Waals surface area (Å²) in [6, 6.07) is 130. The molecule has 0 N–H and O–H groups in total. The van der Waals surface area contributed by atoms with Crippen LogP contribution in [0.2, 0.25) is 0 Å². The van der Waals surface area contributed by atoms with Gasteiger partial charge in [0.1, 0.15) is 0 Å². The van der Waals surface area contributed by atoms with Gasteiger partial charge in [-0.05, 0) is 202 Å². The van der Waals surface area contributed by atoms with Crippen LogP contribution in [0.15, 0.2) is 394 Å². The van der Waals surface area contributed by atoms with Crippen molar-refractivity contribution in [1.29, 1.82) is 0 Å². The molecule has 2 heteroatoms. The van der Waals surface area contributed by atoms with Crippen molar-refractivity contribution >= 4 is 40.2 Å². The predicted molar refractivity (Wildman–Crippen MR) is 412 cm³/mol. The van der Waals surface area contributed by atoms with Crippen molar-refractivity contribution < 1.29 is 0 Å². The third kappa shape index (κ3) is 10.1. The monoisotopic (exact) mass is 1250 g/mol. The van der Waals surface area contributed by atoms with Crippen LogP contribution in [0.4, 0.5) is 34.1 Å². The molecule has 2 unspecified atom stereocenters. The van der Waals surface area contributed by atoms with Crippen LogP contribution in [0.3, 0.4) is 0 Å². The Hall–Kier alpha value is -12.4. The van der Waals surface area contributed by atoms with E-state index in [0.717, 1.165) is 74.8 Å². The quantitative estimate of drug-likeness (QED) is 0.0951. The SMILES string of the molecule is C=CC1=CC=C(C2(c3ccccc3)c3ccccc3-c3ccc(N(c4ccc(-c5ccccc5)cc4)c4ccc(-c5ccc(-c6ccc(N(c7ccc(-c8ccccc8)cc7)c7ccc8c(c7)C(c7ccccc7)(c7ccc(C=C)cc7)c7ccccc7-8)cc6)cc5)cc4)cc32)CC1. The van der Waals surface area contributed by atoms with Gasteiger partial charge >= 0.3 is 0 Å². The third-order valence-corrected chi connectivity index (χ3v) is 20.8. The number of fused-ring (bicyclic) bond motifs is 6. The maximum absolute atomic E-state index is 4.15. The molecule has 3 aliphatic carbocycles. The van der Waals surface area contributed by atoms with E-state index in [0.29, 0.717) is 0 Å². The summed E-state index contributed by atoms with van der Waals surface area (Å²) in [6.07, 6.45) is 10.5. The van der Waals surface area contributed by atoms with Crippen molar-refractivity contribution in [1.82, 2.24) is 0 Å². The maximum atomic E-state index is 4.15. The molecule has 2 atom stereocenters. The van der Waals surface area contributed by atoms with Gasteiger partial charge in [-0.3, -0.25) is 0 Å². The minimum Gasteiger partial charge on any atom is -0.310 e. The van der Waals surface area contributed by atoms with Crippen molar-refractivity contribution in [3.8, 4) is 66.8 Å². The van der Waals surface area contributed by atoms with E-state index >= 15 is 0 Å². The van der Waals surface area contributed by atoms with Gasteiger partial charge in [0.05, 0.1) is 10.8 Å². The lowest BCUT2D eigenvalue weighted by atomic mass is 9.65. The molecule has 14 aromatic carbocycles. The van der Waals surface area contributed by atoms with Crippen LogP contribution < -0.4 is 9.80 Å². The van der Waals surface area contributed by atoms with Gasteiger partial charge in [0, 0.05) is 34.1 Å². The van der Waals surface area contributed by atoms with E-state index in [4.69, 9.17) is 0 Å². The molecule has 98 heavy (non-hydrogen) atoms. The normalized spacial score (nSPS) is 15.6. The molecular weight excluding hydrogens is 1180 g/mol. The number of anilines is 6. The van der Waals surface area contributed by atoms with E-state index in [1.807, 2.05) is 12.2 Å². The van der Waals surface area contributed by atoms with E-state index in [2.05, 4.69) is 387 Å². The third-order valence-electron chi connectivity index (χ3n) is 20.8. The summed E-state index contributed by atoms with van der Waals surface area (Å²) in [5.41, 5.74) is 32.4. The zero-order valence-electron chi connectivity index (χ0n) is 54.5. The summed E-state index contributed by atoms with van der Waals surface area (Å²) in [7, 11) is 0. The average molecular weight is 1250 g/mol. The first-order valence-electron chi connectivity index (χ1n) is 34.1. The van der Waals surface area contributed by atoms with Crippen LogP contribution in [0, 0.1) is 0 Å². The Morgan fingerprint density at radius 1 is 0.245 bits per heavy atom. The second kappa shape index (κ2) is 25.1. The van der Waals surface area contributed by atoms with Crippen molar-refractivity contribution in [3.63, 3.8) is 0 Å². The largest absolute Gasteiger partial charge is 0.310 e. The second-order valence-electron chi connectivity index (χ2n) is 25.9. The number of hydrogen-bond acceptors (Lipinski definition) is 2. The number of benzene rings is 14. The van der Waals surface area contributed by atoms with Gasteiger partial charge in [-0.2, -0.15) is 0 Å². The predicted octanol–water partition coefficient (Wildman–Crippen LogP) is 25.4. The van der Waals surface area contributed by atoms with Crippen LogP contribution >= 0.6 is 0 Å². The Kier molecular flexibility index (Phi) is 15.2. The smallest absolute Gasteiger partial charge is 0.0714 e. The van der Waals surface area contributed by atoms with Crippen molar-refractivity contribution in [2.24, 2.45) is 0 Å². The van der Waals surface area contributed by atoms with E-state index in [1.54, 1.807) is 0 Å². The molecule has 2 nitrogen and oxygen atoms in total. The number of allylic oxidation sites excluding steroid dienone is 5. The Balaban J connectivity index is 0.719. The first-order valence-corrected chi connectivity index (χ1v) is 34.1. The molecule has 0 saturated heterocycles. The Morgan fingerprint density at radius 3 is 0.949 bits per heavy atom. The first-order chi connectivity index (χ1) is 48.5. The Bertz CT molecular complexity index is 5340. The highest BCUT2D eigenvalue weighted by Gasteiger charge is 2.49. The van der Waals surface area contributed by atoms with Crippen LogP contribution in [0.5, 0.6) is 0 Å². The van der Waals surface area contributed by atoms with E-state index in [9.17, 15) is 0 Å². The van der Waals surface area contributed by atoms with Crippen LogP contribution in [0.25, 0.3) is 72.8 Å². The first kappa shape index (κ1) is 59.4. The summed E-state index contributed by atoms with van der Waals surface area (Å²) in [5, 5.41) is 0. The Morgan fingerprint density at radius 2 is 0.561 bits per heavy atom. The molecule has 0 saturated carbocycles. The molecule has 464 valence electrons. The fourth-order valence-electron chi connectivity index (χ4n) is 16.0. The molecule has 0 radical (unpaired) electrons. The highest BCUT2D eigenvalue weighted by atomic mass is 15.1. The molecule has 3 aliphatic rings. The topological polar surface area (TPSA) is 6.48 Å². The minimum atomic E-state index is -0.573. The highest BCUT2D eigenvalue weighted by molar-refractivity contribution is 5.93. The summed E-state index contributed by atoms with van der Waals surface area (Å²) < 4.78 is 0. The summed E-state index contributed by atoms with van der Waals surface area (Å²) in [6.45, 7) is 8.26. The molecule has 0 aliphatic heterocycles. The summed E-state index contributed by atoms with van der Waals surface area (Å²) in [5.74, 6) is 0. The highest BCUT2D eigenvalue weighted by Crippen LogP contribution is 2.60. The van der Waals surface area contributed by atoms with Crippen molar-refractivity contribution in [2.45, 2.75) is 23.7 Å². The molecule has 0 amide bonds. The molecule has 0 aromatic heterocycles. The van der Waals surface area contributed by atoms with Gasteiger partial charge < -0.3 is 9.80 Å². The van der Waals surface area contributed by atoms with Gasteiger partial charge in [-0.25, -0.2) is 0 Å². The molecule has 0 heterocycles. The van der Waals surface area contributed by atoms with E-state index < -0.39 is 10.8 Å². The zero-order chi connectivity index (χ0) is 65.6. The maximum Gasteiger partial charge on any atom is 0.0714 e. The van der Waals surface area contributed by atoms with Crippen molar-refractivity contribution in [2.75, 3.05) is 9.80 Å². The number of hydrogen-bond donors (Lipinski definition) is 0. The molecule has 0 spiro atoms. The lowest BCUT2D eigenvalue weighted by Gasteiger charge is -2.37. The molecule has 0 fully saturated rings. The number of nitrogens with zero attached hydrogens (tertiary/aromatic N) is 2. The summed E-state index contributed by atoms with van der Waals surface area (Å²) in [4.78, 5) is 4.85. The fraction of sp³-hybridized carbons (Fsp3) is 0.0417. The van der Waals surface area contributed by atoms with Crippen LogP contribution in [-0.4, -0.2) is 0 Å². The van der Waals surface area contributed by atoms with E-state index in [-0.39, 0.29) is 0 Å². The van der Waals surface area contributed by atoms with Crippen LogP contribution in [0.1, 0.15) is 57.3 Å². The van der Waals surface area contributed by atoms with Crippen LogP contribution in [-0.2, 0) is 10.8 Å². The Labute approximate surface area is 575 Å². The summed E-state index contributed by atoms with van der Waals surface area (Å²) >= 11 is 0. The van der Waals surface area contributed by atoms with Crippen molar-refractivity contribution in [3.05, 3.63) is 439 Å². The van der Waals surface area contributed by atoms with Gasteiger partial charge in [0.15, 0.2) is 0 Å². The van der Waals surface area contributed by atoms with Gasteiger partial charge in [-0.15, -0.1) is 0 Å². The lowest BCUT2D eigenvalue weighted by Crippen LogP contribution is -2.30. The minimum absolute atomic E-state index is 0.488. The fourth-order valence-corrected chi connectivity index (χ4v) is 16.0. The molecule has 14 aromatic rings. The standard InChI is InChI=1S/C96H70N2/c1-3-67-33-49-79(50-34-67)95(77-25-13-7-14-26-77)91-31-19-17-29-87(91)89-63-61-85(65-93(89)95)97(81-53-41-73(42-54-81)69-21-9-5-10-22-69)83-57-45-75(46-58-83)71-37-39-72(40-38-71)76-47-59-84(60-48-76)98(82-55-43-74(44-56-82)70-23-11-6-12-24-70)86-62-64-90-88-30-18-20-32-92(88)96(94(90)66-86,78-27-15-8-16-28-78)80-51-35-68(4-2)36-52-80/h3-35,37-51,53-66H,1-2,36,52H2.